The van der Waals surface area contributed by atoms with Gasteiger partial charge >= 0.3 is 0 Å². The first-order chi connectivity index (χ1) is 10.1. The average Bonchev–Trinajstić information content (AvgIpc) is 2.52. The number of likely N-dealkylation sites (tertiary alicyclic amines) is 1. The zero-order valence-electron chi connectivity index (χ0n) is 14.2. The monoisotopic (exact) mass is 290 g/mol. The topological polar surface area (TPSA) is 32.3 Å². The SMILES string of the molecule is CC.CCC1(C(=O)Nc2ccccc2C)CCN(C)CC1. The molecule has 1 aromatic carbocycles. The van der Waals surface area contributed by atoms with E-state index in [1.165, 1.54) is 0 Å². The first kappa shape index (κ1) is 17.7. The molecule has 2 rings (SSSR count). The van der Waals surface area contributed by atoms with Crippen molar-refractivity contribution in [3.63, 3.8) is 0 Å². The lowest BCUT2D eigenvalue weighted by molar-refractivity contribution is -0.128. The maximum atomic E-state index is 12.6. The molecule has 0 saturated carbocycles. The molecule has 1 saturated heterocycles. The Kier molecular flexibility index (Phi) is 6.90. The van der Waals surface area contributed by atoms with Crippen LogP contribution >= 0.6 is 0 Å². The van der Waals surface area contributed by atoms with Crippen molar-refractivity contribution in [1.29, 1.82) is 0 Å². The Hall–Kier alpha value is -1.35. The lowest BCUT2D eigenvalue weighted by Crippen LogP contribution is -2.45. The van der Waals surface area contributed by atoms with Crippen LogP contribution in [0.5, 0.6) is 0 Å². The third-order valence-corrected chi connectivity index (χ3v) is 4.50. The molecular formula is C18H30N2O. The van der Waals surface area contributed by atoms with E-state index in [9.17, 15) is 4.79 Å². The number of para-hydroxylation sites is 1. The van der Waals surface area contributed by atoms with Gasteiger partial charge in [0.1, 0.15) is 0 Å². The Morgan fingerprint density at radius 3 is 2.33 bits per heavy atom. The first-order valence-corrected chi connectivity index (χ1v) is 8.13. The van der Waals surface area contributed by atoms with Gasteiger partial charge in [0.05, 0.1) is 5.41 Å². The van der Waals surface area contributed by atoms with Crippen LogP contribution in [0.1, 0.15) is 45.6 Å². The van der Waals surface area contributed by atoms with Gasteiger partial charge in [-0.3, -0.25) is 4.79 Å². The van der Waals surface area contributed by atoms with Crippen molar-refractivity contribution >= 4 is 11.6 Å². The van der Waals surface area contributed by atoms with Crippen LogP contribution in [-0.4, -0.2) is 30.9 Å². The molecule has 3 heteroatoms. The standard InChI is InChI=1S/C16H24N2O.C2H6/c1-4-16(9-11-18(3)12-10-16)15(19)17-14-8-6-5-7-13(14)2;1-2/h5-8H,4,9-12H2,1-3H3,(H,17,19);1-2H3. The van der Waals surface area contributed by atoms with Crippen molar-refractivity contribution < 1.29 is 4.79 Å². The van der Waals surface area contributed by atoms with E-state index in [4.69, 9.17) is 0 Å². The highest BCUT2D eigenvalue weighted by Crippen LogP contribution is 2.36. The molecule has 118 valence electrons. The normalized spacial score (nSPS) is 17.6. The molecular weight excluding hydrogens is 260 g/mol. The van der Waals surface area contributed by atoms with Crippen molar-refractivity contribution in [3.05, 3.63) is 29.8 Å². The smallest absolute Gasteiger partial charge is 0.230 e. The Balaban J connectivity index is 0.00000106. The molecule has 1 aromatic rings. The van der Waals surface area contributed by atoms with Crippen molar-refractivity contribution in [1.82, 2.24) is 4.90 Å². The lowest BCUT2D eigenvalue weighted by Gasteiger charge is -2.38. The van der Waals surface area contributed by atoms with Crippen LogP contribution in [0.2, 0.25) is 0 Å². The second kappa shape index (κ2) is 8.18. The molecule has 1 aliphatic heterocycles. The molecule has 1 fully saturated rings. The fraction of sp³-hybridized carbons (Fsp3) is 0.611. The molecule has 3 nitrogen and oxygen atoms in total. The minimum Gasteiger partial charge on any atom is -0.325 e. The van der Waals surface area contributed by atoms with Gasteiger partial charge in [-0.15, -0.1) is 0 Å². The summed E-state index contributed by atoms with van der Waals surface area (Å²) in [4.78, 5) is 15.0. The van der Waals surface area contributed by atoms with Gasteiger partial charge in [0.15, 0.2) is 0 Å². The Morgan fingerprint density at radius 1 is 1.24 bits per heavy atom. The molecule has 0 unspecified atom stereocenters. The fourth-order valence-electron chi connectivity index (χ4n) is 2.76. The zero-order valence-corrected chi connectivity index (χ0v) is 14.2. The molecule has 0 aromatic heterocycles. The Labute approximate surface area is 129 Å². The predicted octanol–water partition coefficient (Wildman–Crippen LogP) is 4.08. The summed E-state index contributed by atoms with van der Waals surface area (Å²) in [5.74, 6) is 0.192. The second-order valence-corrected chi connectivity index (χ2v) is 5.71. The number of piperidine rings is 1. The summed E-state index contributed by atoms with van der Waals surface area (Å²) < 4.78 is 0. The molecule has 0 bridgehead atoms. The highest BCUT2D eigenvalue weighted by Gasteiger charge is 2.39. The lowest BCUT2D eigenvalue weighted by atomic mass is 9.75. The van der Waals surface area contributed by atoms with Gasteiger partial charge in [0.2, 0.25) is 5.91 Å². The second-order valence-electron chi connectivity index (χ2n) is 5.71. The van der Waals surface area contributed by atoms with E-state index in [0.29, 0.717) is 0 Å². The number of rotatable bonds is 3. The molecule has 1 aliphatic rings. The maximum Gasteiger partial charge on any atom is 0.230 e. The molecule has 0 spiro atoms. The molecule has 0 radical (unpaired) electrons. The number of benzene rings is 1. The number of nitrogens with one attached hydrogen (secondary N) is 1. The molecule has 0 aliphatic carbocycles. The summed E-state index contributed by atoms with van der Waals surface area (Å²) in [6.07, 6.45) is 2.83. The van der Waals surface area contributed by atoms with Crippen molar-refractivity contribution in [2.24, 2.45) is 5.41 Å². The third kappa shape index (κ3) is 4.31. The molecule has 1 amide bonds. The molecule has 0 atom stereocenters. The molecule has 1 N–H and O–H groups in total. The molecule has 1 heterocycles. The zero-order chi connectivity index (χ0) is 15.9. The summed E-state index contributed by atoms with van der Waals surface area (Å²) in [6.45, 7) is 10.2. The van der Waals surface area contributed by atoms with E-state index in [2.05, 4.69) is 24.2 Å². The van der Waals surface area contributed by atoms with Gasteiger partial charge in [0, 0.05) is 5.69 Å². The summed E-state index contributed by atoms with van der Waals surface area (Å²) in [6, 6.07) is 7.97. The quantitative estimate of drug-likeness (QED) is 0.909. The third-order valence-electron chi connectivity index (χ3n) is 4.50. The Morgan fingerprint density at radius 2 is 1.81 bits per heavy atom. The maximum absolute atomic E-state index is 12.6. The van der Waals surface area contributed by atoms with Gasteiger partial charge in [-0.05, 0) is 58.0 Å². The van der Waals surface area contributed by atoms with Gasteiger partial charge in [0.25, 0.3) is 0 Å². The van der Waals surface area contributed by atoms with Crippen LogP contribution in [-0.2, 0) is 4.79 Å². The molecule has 21 heavy (non-hydrogen) atoms. The van der Waals surface area contributed by atoms with Crippen molar-refractivity contribution in [2.45, 2.75) is 47.0 Å². The van der Waals surface area contributed by atoms with Gasteiger partial charge in [-0.25, -0.2) is 0 Å². The number of hydrogen-bond donors (Lipinski definition) is 1. The van der Waals surface area contributed by atoms with Gasteiger partial charge in [-0.1, -0.05) is 39.0 Å². The number of carbonyl (C=O) groups excluding carboxylic acids is 1. The van der Waals surface area contributed by atoms with Gasteiger partial charge in [-0.2, -0.15) is 0 Å². The van der Waals surface area contributed by atoms with Crippen LogP contribution in [0.15, 0.2) is 24.3 Å². The fourth-order valence-corrected chi connectivity index (χ4v) is 2.76. The van der Waals surface area contributed by atoms with Crippen LogP contribution in [0, 0.1) is 12.3 Å². The van der Waals surface area contributed by atoms with E-state index >= 15 is 0 Å². The number of anilines is 1. The minimum absolute atomic E-state index is 0.186. The first-order valence-electron chi connectivity index (χ1n) is 8.13. The highest BCUT2D eigenvalue weighted by molar-refractivity contribution is 5.96. The van der Waals surface area contributed by atoms with E-state index in [-0.39, 0.29) is 11.3 Å². The van der Waals surface area contributed by atoms with Crippen LogP contribution < -0.4 is 5.32 Å². The van der Waals surface area contributed by atoms with E-state index in [1.54, 1.807) is 0 Å². The number of hydrogen-bond acceptors (Lipinski definition) is 2. The van der Waals surface area contributed by atoms with Gasteiger partial charge < -0.3 is 10.2 Å². The van der Waals surface area contributed by atoms with Crippen LogP contribution in [0.25, 0.3) is 0 Å². The Bertz CT molecular complexity index is 448. The van der Waals surface area contributed by atoms with E-state index < -0.39 is 0 Å². The minimum atomic E-state index is -0.186. The van der Waals surface area contributed by atoms with Crippen LogP contribution in [0.3, 0.4) is 0 Å². The number of carbonyl (C=O) groups is 1. The number of nitrogens with zero attached hydrogens (tertiary/aromatic N) is 1. The van der Waals surface area contributed by atoms with Crippen molar-refractivity contribution in [2.75, 3.05) is 25.5 Å². The summed E-state index contributed by atoms with van der Waals surface area (Å²) in [5.41, 5.74) is 1.88. The van der Waals surface area contributed by atoms with E-state index in [1.807, 2.05) is 45.0 Å². The van der Waals surface area contributed by atoms with Crippen LogP contribution in [0.4, 0.5) is 5.69 Å². The average molecular weight is 290 g/mol. The predicted molar refractivity (Wildman–Crippen MR) is 90.6 cm³/mol. The summed E-state index contributed by atoms with van der Waals surface area (Å²) in [5, 5.41) is 3.13. The number of amides is 1. The highest BCUT2D eigenvalue weighted by atomic mass is 16.2. The number of aryl methyl sites for hydroxylation is 1. The van der Waals surface area contributed by atoms with E-state index in [0.717, 1.165) is 43.6 Å². The van der Waals surface area contributed by atoms with Crippen molar-refractivity contribution in [3.8, 4) is 0 Å². The largest absolute Gasteiger partial charge is 0.325 e. The summed E-state index contributed by atoms with van der Waals surface area (Å²) >= 11 is 0. The summed E-state index contributed by atoms with van der Waals surface area (Å²) in [7, 11) is 2.12.